The fraction of sp³-hybridized carbons (Fsp3) is 0.483. The maximum atomic E-state index is 13.9. The molecule has 0 bridgehead atoms. The van der Waals surface area contributed by atoms with Gasteiger partial charge in [-0.15, -0.1) is 0 Å². The first kappa shape index (κ1) is 26.0. The quantitative estimate of drug-likeness (QED) is 0.452. The Hall–Kier alpha value is -3.04. The predicted octanol–water partition coefficient (Wildman–Crippen LogP) is 6.92. The molecule has 190 valence electrons. The Labute approximate surface area is 218 Å². The van der Waals surface area contributed by atoms with Crippen LogP contribution in [0.25, 0.3) is 0 Å². The van der Waals surface area contributed by atoms with Crippen LogP contribution in [0, 0.1) is 17.2 Å². The lowest BCUT2D eigenvalue weighted by atomic mass is 9.73. The molecule has 2 amide bonds. The van der Waals surface area contributed by atoms with E-state index in [1.807, 2.05) is 33.8 Å². The molecule has 1 unspecified atom stereocenters. The summed E-state index contributed by atoms with van der Waals surface area (Å²) in [5, 5.41) is 10.1. The largest absolute Gasteiger partial charge is 0.444 e. The maximum absolute atomic E-state index is 13.9. The molecule has 1 fully saturated rings. The van der Waals surface area contributed by atoms with Crippen LogP contribution in [0.5, 0.6) is 0 Å². The van der Waals surface area contributed by atoms with E-state index in [-0.39, 0.29) is 23.8 Å². The normalized spacial score (nSPS) is 20.5. The Morgan fingerprint density at radius 1 is 1.17 bits per heavy atom. The molecule has 7 heteroatoms. The van der Waals surface area contributed by atoms with Crippen molar-refractivity contribution in [2.24, 2.45) is 5.92 Å². The molecular weight excluding hydrogens is 474 g/mol. The molecule has 2 aromatic rings. The van der Waals surface area contributed by atoms with E-state index < -0.39 is 11.0 Å². The molecule has 0 aliphatic carbocycles. The lowest BCUT2D eigenvalue weighted by Crippen LogP contribution is -2.41. The van der Waals surface area contributed by atoms with Crippen molar-refractivity contribution < 1.29 is 14.3 Å². The van der Waals surface area contributed by atoms with E-state index in [1.165, 1.54) is 5.56 Å². The van der Waals surface area contributed by atoms with Crippen LogP contribution >= 0.6 is 11.6 Å². The number of piperidine rings is 1. The minimum atomic E-state index is -0.738. The van der Waals surface area contributed by atoms with Crippen LogP contribution in [0.1, 0.15) is 77.0 Å². The summed E-state index contributed by atoms with van der Waals surface area (Å²) >= 11 is 6.32. The topological polar surface area (TPSA) is 73.6 Å². The number of rotatable bonds is 3. The van der Waals surface area contributed by atoms with E-state index >= 15 is 0 Å². The first-order valence-electron chi connectivity index (χ1n) is 12.5. The summed E-state index contributed by atoms with van der Waals surface area (Å²) in [6, 6.07) is 13.6. The maximum Gasteiger partial charge on any atom is 0.410 e. The SMILES string of the molecule is CC(C)C1(C)C(=O)N(c2cccc(Cl)c2C#N)c2ccc(C3CCN(C(=O)OC(C)(C)C)CC3)cc21. The number of carbonyl (C=O) groups excluding carboxylic acids is 2. The van der Waals surface area contributed by atoms with Crippen LogP contribution in [0.2, 0.25) is 5.02 Å². The molecule has 2 heterocycles. The van der Waals surface area contributed by atoms with Crippen molar-refractivity contribution in [2.45, 2.75) is 71.3 Å². The number of anilines is 2. The number of amides is 2. The molecule has 0 aromatic heterocycles. The number of hydrogen-bond acceptors (Lipinski definition) is 4. The van der Waals surface area contributed by atoms with Crippen molar-refractivity contribution in [3.8, 4) is 6.07 Å². The predicted molar refractivity (Wildman–Crippen MR) is 142 cm³/mol. The number of hydrogen-bond donors (Lipinski definition) is 0. The third-order valence-corrected chi connectivity index (χ3v) is 7.90. The molecule has 0 radical (unpaired) electrons. The Kier molecular flexibility index (Phi) is 6.83. The summed E-state index contributed by atoms with van der Waals surface area (Å²) in [6.07, 6.45) is 1.40. The molecule has 0 saturated carbocycles. The highest BCUT2D eigenvalue weighted by Gasteiger charge is 2.50. The van der Waals surface area contributed by atoms with Gasteiger partial charge in [-0.25, -0.2) is 4.79 Å². The Bertz CT molecular complexity index is 1240. The highest BCUT2D eigenvalue weighted by atomic mass is 35.5. The lowest BCUT2D eigenvalue weighted by molar-refractivity contribution is -0.123. The van der Waals surface area contributed by atoms with Crippen molar-refractivity contribution >= 4 is 35.0 Å². The Balaban J connectivity index is 1.67. The van der Waals surface area contributed by atoms with Crippen LogP contribution in [0.3, 0.4) is 0 Å². The minimum Gasteiger partial charge on any atom is -0.444 e. The summed E-state index contributed by atoms with van der Waals surface area (Å²) in [4.78, 5) is 29.9. The van der Waals surface area contributed by atoms with Crippen LogP contribution in [-0.4, -0.2) is 35.6 Å². The molecule has 36 heavy (non-hydrogen) atoms. The number of fused-ring (bicyclic) bond motifs is 1. The smallest absolute Gasteiger partial charge is 0.410 e. The van der Waals surface area contributed by atoms with Crippen molar-refractivity contribution in [1.29, 1.82) is 5.26 Å². The van der Waals surface area contributed by atoms with Crippen molar-refractivity contribution in [3.05, 3.63) is 58.1 Å². The van der Waals surface area contributed by atoms with Gasteiger partial charge in [0.1, 0.15) is 11.7 Å². The van der Waals surface area contributed by atoms with Crippen molar-refractivity contribution in [3.63, 3.8) is 0 Å². The standard InChI is InChI=1S/C29H34ClN3O3/c1-18(2)29(6)22-16-20(19-12-14-32(15-13-19)27(35)36-28(3,4)5)10-11-25(22)33(26(29)34)24-9-7-8-23(30)21(24)17-31/h7-11,16,18-19H,12-15H2,1-6H3. The van der Waals surface area contributed by atoms with Crippen LogP contribution < -0.4 is 4.90 Å². The summed E-state index contributed by atoms with van der Waals surface area (Å²) in [6.45, 7) is 13.0. The highest BCUT2D eigenvalue weighted by Crippen LogP contribution is 2.51. The zero-order chi connectivity index (χ0) is 26.4. The third-order valence-electron chi connectivity index (χ3n) is 7.59. The molecular formula is C29H34ClN3O3. The van der Waals surface area contributed by atoms with Crippen LogP contribution in [-0.2, 0) is 14.9 Å². The molecule has 1 atom stereocenters. The van der Waals surface area contributed by atoms with Gasteiger partial charge in [-0.1, -0.05) is 43.6 Å². The van der Waals surface area contributed by atoms with Crippen LogP contribution in [0.4, 0.5) is 16.2 Å². The average molecular weight is 508 g/mol. The van der Waals surface area contributed by atoms with Gasteiger partial charge in [0.05, 0.1) is 27.4 Å². The number of carbonyl (C=O) groups is 2. The number of benzene rings is 2. The molecule has 2 aliphatic heterocycles. The third kappa shape index (κ3) is 4.46. The van der Waals surface area contributed by atoms with E-state index in [1.54, 1.807) is 28.0 Å². The first-order valence-corrected chi connectivity index (χ1v) is 12.9. The van der Waals surface area contributed by atoms with Gasteiger partial charge >= 0.3 is 6.09 Å². The van der Waals surface area contributed by atoms with Crippen molar-refractivity contribution in [2.75, 3.05) is 18.0 Å². The number of nitrogens with zero attached hydrogens (tertiary/aromatic N) is 3. The second-order valence-electron chi connectivity index (χ2n) is 11.3. The molecule has 2 aromatic carbocycles. The summed E-state index contributed by atoms with van der Waals surface area (Å²) in [5.41, 5.74) is 2.50. The summed E-state index contributed by atoms with van der Waals surface area (Å²) in [7, 11) is 0. The zero-order valence-corrected chi connectivity index (χ0v) is 22.6. The van der Waals surface area contributed by atoms with Gasteiger partial charge in [0.15, 0.2) is 0 Å². The molecule has 4 rings (SSSR count). The second kappa shape index (κ2) is 9.44. The molecule has 2 aliphatic rings. The average Bonchev–Trinajstić information content (AvgIpc) is 3.05. The lowest BCUT2D eigenvalue weighted by Gasteiger charge is -2.34. The number of nitriles is 1. The molecule has 1 saturated heterocycles. The summed E-state index contributed by atoms with van der Waals surface area (Å²) < 4.78 is 5.54. The van der Waals surface area contributed by atoms with E-state index in [2.05, 4.69) is 32.0 Å². The second-order valence-corrected chi connectivity index (χ2v) is 11.7. The Morgan fingerprint density at radius 2 is 1.83 bits per heavy atom. The van der Waals surface area contributed by atoms with E-state index in [9.17, 15) is 14.9 Å². The fourth-order valence-electron chi connectivity index (χ4n) is 5.20. The number of ether oxygens (including phenoxy) is 1. The fourth-order valence-corrected chi connectivity index (χ4v) is 5.42. The van der Waals surface area contributed by atoms with E-state index in [0.717, 1.165) is 24.1 Å². The molecule has 0 N–H and O–H groups in total. The van der Waals surface area contributed by atoms with Gasteiger partial charge in [0, 0.05) is 13.1 Å². The molecule has 0 spiro atoms. The van der Waals surface area contributed by atoms with Gasteiger partial charge in [0.25, 0.3) is 0 Å². The van der Waals surface area contributed by atoms with Gasteiger partial charge in [-0.05, 0) is 81.7 Å². The highest BCUT2D eigenvalue weighted by molar-refractivity contribution is 6.32. The van der Waals surface area contributed by atoms with E-state index in [4.69, 9.17) is 16.3 Å². The zero-order valence-electron chi connectivity index (χ0n) is 21.9. The van der Waals surface area contributed by atoms with Gasteiger partial charge in [-0.3, -0.25) is 9.69 Å². The number of likely N-dealkylation sites (tertiary alicyclic amines) is 1. The Morgan fingerprint density at radius 3 is 2.42 bits per heavy atom. The van der Waals surface area contributed by atoms with Gasteiger partial charge in [0.2, 0.25) is 5.91 Å². The van der Waals surface area contributed by atoms with Gasteiger partial charge in [-0.2, -0.15) is 5.26 Å². The minimum absolute atomic E-state index is 0.0442. The monoisotopic (exact) mass is 507 g/mol. The molecule has 6 nitrogen and oxygen atoms in total. The van der Waals surface area contributed by atoms with E-state index in [0.29, 0.717) is 29.4 Å². The number of halogens is 1. The van der Waals surface area contributed by atoms with Gasteiger partial charge < -0.3 is 9.64 Å². The van der Waals surface area contributed by atoms with Crippen molar-refractivity contribution in [1.82, 2.24) is 4.90 Å². The van der Waals surface area contributed by atoms with Crippen LogP contribution in [0.15, 0.2) is 36.4 Å². The first-order chi connectivity index (χ1) is 16.9. The summed E-state index contributed by atoms with van der Waals surface area (Å²) in [5.74, 6) is 0.279.